The number of nitrogens with one attached hydrogen (secondary N) is 2. The Morgan fingerprint density at radius 2 is 1.88 bits per heavy atom. The van der Waals surface area contributed by atoms with Crippen LogP contribution < -0.4 is 10.6 Å². The molecule has 5 heteroatoms. The van der Waals surface area contributed by atoms with Gasteiger partial charge in [0.25, 0.3) is 5.91 Å². The standard InChI is InChI=1S/C21H20ClN3O/c1-15-3-2-4-19(13-15)25-21(26)17-10-12-24-20(14-17)23-11-9-16-5-7-18(22)8-6-16/h2-8,10,12-14H,9,11H2,1H3,(H,23,24)(H,25,26). The van der Waals surface area contributed by atoms with E-state index in [9.17, 15) is 4.79 Å². The van der Waals surface area contributed by atoms with Crippen molar-refractivity contribution in [3.8, 4) is 0 Å². The van der Waals surface area contributed by atoms with E-state index in [2.05, 4.69) is 15.6 Å². The van der Waals surface area contributed by atoms with Gasteiger partial charge in [0, 0.05) is 29.0 Å². The van der Waals surface area contributed by atoms with Gasteiger partial charge in [0.05, 0.1) is 0 Å². The number of anilines is 2. The number of aromatic nitrogens is 1. The van der Waals surface area contributed by atoms with Crippen LogP contribution in [0, 0.1) is 6.92 Å². The molecule has 132 valence electrons. The fraction of sp³-hybridized carbons (Fsp3) is 0.143. The van der Waals surface area contributed by atoms with Crippen molar-refractivity contribution >= 4 is 29.0 Å². The molecular weight excluding hydrogens is 346 g/mol. The Labute approximate surface area is 158 Å². The van der Waals surface area contributed by atoms with Gasteiger partial charge in [-0.2, -0.15) is 0 Å². The van der Waals surface area contributed by atoms with E-state index < -0.39 is 0 Å². The largest absolute Gasteiger partial charge is 0.370 e. The van der Waals surface area contributed by atoms with Gasteiger partial charge in [-0.25, -0.2) is 4.98 Å². The van der Waals surface area contributed by atoms with Crippen LogP contribution >= 0.6 is 11.6 Å². The van der Waals surface area contributed by atoms with Crippen molar-refractivity contribution in [2.45, 2.75) is 13.3 Å². The summed E-state index contributed by atoms with van der Waals surface area (Å²) in [6.07, 6.45) is 2.48. The molecule has 1 aromatic heterocycles. The molecule has 0 bridgehead atoms. The molecule has 4 nitrogen and oxygen atoms in total. The quantitative estimate of drug-likeness (QED) is 0.649. The highest BCUT2D eigenvalue weighted by Crippen LogP contribution is 2.14. The minimum absolute atomic E-state index is 0.154. The number of rotatable bonds is 6. The van der Waals surface area contributed by atoms with Crippen LogP contribution in [0.1, 0.15) is 21.5 Å². The van der Waals surface area contributed by atoms with Crippen molar-refractivity contribution in [3.05, 3.63) is 88.6 Å². The zero-order valence-electron chi connectivity index (χ0n) is 14.5. The number of benzene rings is 2. The zero-order chi connectivity index (χ0) is 18.4. The minimum Gasteiger partial charge on any atom is -0.370 e. The zero-order valence-corrected chi connectivity index (χ0v) is 15.3. The van der Waals surface area contributed by atoms with Crippen LogP contribution in [0.25, 0.3) is 0 Å². The molecule has 0 aliphatic rings. The Hall–Kier alpha value is -2.85. The van der Waals surface area contributed by atoms with Crippen molar-refractivity contribution in [3.63, 3.8) is 0 Å². The van der Waals surface area contributed by atoms with Gasteiger partial charge >= 0.3 is 0 Å². The number of nitrogens with zero attached hydrogens (tertiary/aromatic N) is 1. The van der Waals surface area contributed by atoms with E-state index in [0.717, 1.165) is 29.2 Å². The van der Waals surface area contributed by atoms with E-state index in [1.54, 1.807) is 18.3 Å². The number of carbonyl (C=O) groups excluding carboxylic acids is 1. The number of pyridine rings is 1. The molecular formula is C21H20ClN3O. The Morgan fingerprint density at radius 3 is 2.65 bits per heavy atom. The van der Waals surface area contributed by atoms with E-state index in [0.29, 0.717) is 11.4 Å². The van der Waals surface area contributed by atoms with Crippen molar-refractivity contribution in [1.29, 1.82) is 0 Å². The smallest absolute Gasteiger partial charge is 0.255 e. The monoisotopic (exact) mass is 365 g/mol. The summed E-state index contributed by atoms with van der Waals surface area (Å²) >= 11 is 5.89. The normalized spacial score (nSPS) is 10.4. The van der Waals surface area contributed by atoms with Crippen LogP contribution in [0.15, 0.2) is 66.9 Å². The minimum atomic E-state index is -0.154. The second-order valence-corrected chi connectivity index (χ2v) is 6.49. The first kappa shape index (κ1) is 18.0. The maximum absolute atomic E-state index is 12.4. The van der Waals surface area contributed by atoms with E-state index >= 15 is 0 Å². The number of carbonyl (C=O) groups is 1. The van der Waals surface area contributed by atoms with Gasteiger partial charge in [-0.1, -0.05) is 35.9 Å². The molecule has 0 aliphatic carbocycles. The molecule has 0 fully saturated rings. The van der Waals surface area contributed by atoms with Crippen molar-refractivity contribution in [2.75, 3.05) is 17.2 Å². The summed E-state index contributed by atoms with van der Waals surface area (Å²) in [5, 5.41) is 6.89. The third-order valence-electron chi connectivity index (χ3n) is 3.93. The Bertz CT molecular complexity index is 894. The average molecular weight is 366 g/mol. The molecule has 2 aromatic carbocycles. The lowest BCUT2D eigenvalue weighted by Gasteiger charge is -2.09. The molecule has 1 amide bonds. The highest BCUT2D eigenvalue weighted by atomic mass is 35.5. The number of hydrogen-bond donors (Lipinski definition) is 2. The van der Waals surface area contributed by atoms with Crippen molar-refractivity contribution < 1.29 is 4.79 Å². The molecule has 0 atom stereocenters. The maximum atomic E-state index is 12.4. The van der Waals surface area contributed by atoms with E-state index in [1.165, 1.54) is 5.56 Å². The molecule has 0 saturated carbocycles. The lowest BCUT2D eigenvalue weighted by molar-refractivity contribution is 0.102. The van der Waals surface area contributed by atoms with Crippen LogP contribution in [-0.2, 0) is 6.42 Å². The molecule has 0 unspecified atom stereocenters. The van der Waals surface area contributed by atoms with Crippen molar-refractivity contribution in [2.24, 2.45) is 0 Å². The van der Waals surface area contributed by atoms with E-state index in [-0.39, 0.29) is 5.91 Å². The summed E-state index contributed by atoms with van der Waals surface area (Å²) < 4.78 is 0. The highest BCUT2D eigenvalue weighted by Gasteiger charge is 2.07. The lowest BCUT2D eigenvalue weighted by Crippen LogP contribution is -2.13. The molecule has 3 aromatic rings. The Kier molecular flexibility index (Phi) is 5.87. The topological polar surface area (TPSA) is 54.0 Å². The first-order chi connectivity index (χ1) is 12.6. The summed E-state index contributed by atoms with van der Waals surface area (Å²) in [6.45, 7) is 2.71. The highest BCUT2D eigenvalue weighted by molar-refractivity contribution is 6.30. The molecule has 1 heterocycles. The summed E-state index contributed by atoms with van der Waals surface area (Å²) in [5.41, 5.74) is 3.64. The van der Waals surface area contributed by atoms with E-state index in [4.69, 9.17) is 11.6 Å². The summed E-state index contributed by atoms with van der Waals surface area (Å²) in [7, 11) is 0. The summed E-state index contributed by atoms with van der Waals surface area (Å²) in [4.78, 5) is 16.7. The van der Waals surface area contributed by atoms with Crippen LogP contribution in [-0.4, -0.2) is 17.4 Å². The van der Waals surface area contributed by atoms with Gasteiger partial charge in [-0.3, -0.25) is 4.79 Å². The van der Waals surface area contributed by atoms with Crippen LogP contribution in [0.5, 0.6) is 0 Å². The molecule has 0 radical (unpaired) electrons. The lowest BCUT2D eigenvalue weighted by atomic mass is 10.1. The van der Waals surface area contributed by atoms with Gasteiger partial charge < -0.3 is 10.6 Å². The van der Waals surface area contributed by atoms with Crippen LogP contribution in [0.4, 0.5) is 11.5 Å². The predicted molar refractivity (Wildman–Crippen MR) is 107 cm³/mol. The Morgan fingerprint density at radius 1 is 1.08 bits per heavy atom. The fourth-order valence-corrected chi connectivity index (χ4v) is 2.71. The molecule has 0 aliphatic heterocycles. The summed E-state index contributed by atoms with van der Waals surface area (Å²) in [5.74, 6) is 0.523. The molecule has 0 spiro atoms. The van der Waals surface area contributed by atoms with Gasteiger partial charge in [0.2, 0.25) is 0 Å². The second kappa shape index (κ2) is 8.50. The van der Waals surface area contributed by atoms with Gasteiger partial charge in [-0.15, -0.1) is 0 Å². The van der Waals surface area contributed by atoms with Gasteiger partial charge in [0.15, 0.2) is 0 Å². The third kappa shape index (κ3) is 5.07. The molecule has 0 saturated heterocycles. The van der Waals surface area contributed by atoms with Crippen LogP contribution in [0.2, 0.25) is 5.02 Å². The third-order valence-corrected chi connectivity index (χ3v) is 4.18. The first-order valence-electron chi connectivity index (χ1n) is 8.42. The number of halogens is 1. The van der Waals surface area contributed by atoms with Crippen LogP contribution in [0.3, 0.4) is 0 Å². The molecule has 26 heavy (non-hydrogen) atoms. The van der Waals surface area contributed by atoms with Gasteiger partial charge in [0.1, 0.15) is 5.82 Å². The van der Waals surface area contributed by atoms with Gasteiger partial charge in [-0.05, 0) is 60.9 Å². The van der Waals surface area contributed by atoms with Crippen molar-refractivity contribution in [1.82, 2.24) is 4.98 Å². The van der Waals surface area contributed by atoms with E-state index in [1.807, 2.05) is 55.5 Å². The summed E-state index contributed by atoms with van der Waals surface area (Å²) in [6, 6.07) is 18.9. The molecule has 3 rings (SSSR count). The Balaban J connectivity index is 1.58. The number of aryl methyl sites for hydroxylation is 1. The average Bonchev–Trinajstić information content (AvgIpc) is 2.64. The molecule has 2 N–H and O–H groups in total. The maximum Gasteiger partial charge on any atom is 0.255 e. The first-order valence-corrected chi connectivity index (χ1v) is 8.80. The second-order valence-electron chi connectivity index (χ2n) is 6.06. The fourth-order valence-electron chi connectivity index (χ4n) is 2.58. The SMILES string of the molecule is Cc1cccc(NC(=O)c2ccnc(NCCc3ccc(Cl)cc3)c2)c1. The number of hydrogen-bond acceptors (Lipinski definition) is 3. The predicted octanol–water partition coefficient (Wildman–Crippen LogP) is 4.95. The number of amides is 1.